The van der Waals surface area contributed by atoms with Crippen LogP contribution in [0.3, 0.4) is 0 Å². The van der Waals surface area contributed by atoms with Crippen molar-refractivity contribution in [2.45, 2.75) is 31.0 Å². The number of hydrogen-bond donors (Lipinski definition) is 7. The number of fused-ring (bicyclic) bond motifs is 1. The molecule has 1 fully saturated rings. The van der Waals surface area contributed by atoms with E-state index < -0.39 is 64.7 Å². The van der Waals surface area contributed by atoms with E-state index in [0.717, 1.165) is 24.0 Å². The third kappa shape index (κ3) is 5.92. The van der Waals surface area contributed by atoms with Crippen molar-refractivity contribution < 1.29 is 66.3 Å². The first-order valence-corrected chi connectivity index (χ1v) is 13.5. The highest BCUT2D eigenvalue weighted by Crippen LogP contribution is 2.66. The first kappa shape index (κ1) is 27.7. The molecule has 0 aliphatic carbocycles. The summed E-state index contributed by atoms with van der Waals surface area (Å²) in [6.07, 6.45) is -3.24. The Morgan fingerprint density at radius 1 is 1.23 bits per heavy atom. The number of phosphoric ester groups is 1. The standard InChI is InChI=1S/C12H18N5O15P3/c1-12(19)8(18)6(3-29-34(25,26)32-35(27,28)31-33(22,23)24)30-11(12)16-2-5(17(20)21)7-9(13)14-4-15-10(7)16/h2,4,6,8,11,18-19H,3H2,1H3,(H,25,26)(H,27,28)(H2,13,14,15)(H2,22,23,24)/t6?,8?,11-,12-/m1/s1. The van der Waals surface area contributed by atoms with Crippen molar-refractivity contribution in [3.8, 4) is 0 Å². The first-order chi connectivity index (χ1) is 15.8. The predicted octanol–water partition coefficient (Wildman–Crippen LogP) is -0.726. The Kier molecular flexibility index (Phi) is 7.28. The van der Waals surface area contributed by atoms with E-state index in [0.29, 0.717) is 0 Å². The summed E-state index contributed by atoms with van der Waals surface area (Å²) >= 11 is 0. The van der Waals surface area contributed by atoms with E-state index >= 15 is 0 Å². The summed E-state index contributed by atoms with van der Waals surface area (Å²) in [7, 11) is -16.9. The zero-order chi connectivity index (χ0) is 26.6. The largest absolute Gasteiger partial charge is 0.490 e. The second kappa shape index (κ2) is 9.20. The van der Waals surface area contributed by atoms with Crippen LogP contribution in [0.1, 0.15) is 13.2 Å². The number of nitrogen functional groups attached to an aromatic ring is 1. The lowest BCUT2D eigenvalue weighted by atomic mass is 9.96. The number of aliphatic hydroxyl groups is 2. The molecular weight excluding hydrogens is 547 g/mol. The highest BCUT2D eigenvalue weighted by atomic mass is 31.3. The average Bonchev–Trinajstić information content (AvgIpc) is 3.14. The van der Waals surface area contributed by atoms with Crippen LogP contribution in [-0.2, 0) is 31.6 Å². The topological polar surface area (TPSA) is 309 Å². The minimum absolute atomic E-state index is 0.157. The van der Waals surface area contributed by atoms with Crippen LogP contribution in [0, 0.1) is 10.1 Å². The molecule has 0 spiro atoms. The van der Waals surface area contributed by atoms with Gasteiger partial charge in [-0.15, -0.1) is 0 Å². The molecule has 6 atom stereocenters. The summed E-state index contributed by atoms with van der Waals surface area (Å²) in [4.78, 5) is 54.0. The molecule has 35 heavy (non-hydrogen) atoms. The Labute approximate surface area is 193 Å². The summed E-state index contributed by atoms with van der Waals surface area (Å²) in [5.41, 5.74) is 2.77. The molecule has 2 aromatic heterocycles. The van der Waals surface area contributed by atoms with Crippen molar-refractivity contribution in [1.29, 1.82) is 0 Å². The molecule has 23 heteroatoms. The quantitative estimate of drug-likeness (QED) is 0.112. The minimum Gasteiger partial charge on any atom is -0.387 e. The molecule has 0 radical (unpaired) electrons. The van der Waals surface area contributed by atoms with Crippen molar-refractivity contribution in [1.82, 2.24) is 14.5 Å². The molecule has 3 rings (SSSR count). The van der Waals surface area contributed by atoms with E-state index in [1.54, 1.807) is 0 Å². The van der Waals surface area contributed by atoms with Crippen molar-refractivity contribution >= 4 is 46.0 Å². The van der Waals surface area contributed by atoms with Gasteiger partial charge in [-0.05, 0) is 6.92 Å². The highest BCUT2D eigenvalue weighted by molar-refractivity contribution is 7.66. The highest BCUT2D eigenvalue weighted by Gasteiger charge is 2.54. The van der Waals surface area contributed by atoms with Gasteiger partial charge in [-0.3, -0.25) is 19.2 Å². The fraction of sp³-hybridized carbons (Fsp3) is 0.500. The van der Waals surface area contributed by atoms with Gasteiger partial charge in [-0.1, -0.05) is 0 Å². The minimum atomic E-state index is -5.78. The predicted molar refractivity (Wildman–Crippen MR) is 109 cm³/mol. The summed E-state index contributed by atoms with van der Waals surface area (Å²) in [5.74, 6) is -0.261. The van der Waals surface area contributed by atoms with Crippen molar-refractivity contribution in [2.75, 3.05) is 12.3 Å². The Balaban J connectivity index is 1.84. The summed E-state index contributed by atoms with van der Waals surface area (Å²) < 4.78 is 52.0. The molecule has 3 heterocycles. The summed E-state index contributed by atoms with van der Waals surface area (Å²) in [6, 6.07) is 0. The van der Waals surface area contributed by atoms with Gasteiger partial charge < -0.3 is 40.3 Å². The van der Waals surface area contributed by atoms with Crippen LogP contribution in [0.25, 0.3) is 11.0 Å². The Bertz CT molecular complexity index is 1290. The number of rotatable bonds is 9. The molecule has 20 nitrogen and oxygen atoms in total. The third-order valence-electron chi connectivity index (χ3n) is 4.64. The van der Waals surface area contributed by atoms with Gasteiger partial charge in [-0.25, -0.2) is 23.7 Å². The van der Waals surface area contributed by atoms with Crippen LogP contribution in [0.5, 0.6) is 0 Å². The van der Waals surface area contributed by atoms with E-state index in [1.807, 2.05) is 0 Å². The van der Waals surface area contributed by atoms with E-state index in [9.17, 15) is 43.8 Å². The molecule has 1 saturated heterocycles. The van der Waals surface area contributed by atoms with Gasteiger partial charge >= 0.3 is 23.5 Å². The number of hydrogen-bond acceptors (Lipinski definition) is 14. The van der Waals surface area contributed by atoms with Crippen LogP contribution in [0.4, 0.5) is 11.5 Å². The molecule has 196 valence electrons. The maximum atomic E-state index is 11.9. The zero-order valence-electron chi connectivity index (χ0n) is 17.2. The number of ether oxygens (including phenoxy) is 1. The van der Waals surface area contributed by atoms with Crippen LogP contribution in [0.15, 0.2) is 12.5 Å². The maximum Gasteiger partial charge on any atom is 0.490 e. The number of anilines is 1. The normalized spacial score (nSPS) is 28.6. The molecule has 0 bridgehead atoms. The van der Waals surface area contributed by atoms with Gasteiger partial charge in [0, 0.05) is 0 Å². The first-order valence-electron chi connectivity index (χ1n) is 8.94. The van der Waals surface area contributed by atoms with Crippen LogP contribution in [-0.4, -0.2) is 73.7 Å². The SMILES string of the molecule is C[C@@]1(O)C(O)C(COP(=O)(O)OP(=O)(O)OP(=O)(O)O)O[C@H]1n1cc([N+](=O)[O-])c2c(N)ncnc21. The van der Waals surface area contributed by atoms with Crippen LogP contribution >= 0.6 is 23.5 Å². The maximum absolute atomic E-state index is 11.9. The lowest BCUT2D eigenvalue weighted by molar-refractivity contribution is -0.383. The second-order valence-electron chi connectivity index (χ2n) is 7.22. The molecule has 1 aliphatic rings. The lowest BCUT2D eigenvalue weighted by Crippen LogP contribution is -2.44. The van der Waals surface area contributed by atoms with Crippen molar-refractivity contribution in [3.05, 3.63) is 22.6 Å². The molecule has 2 aromatic rings. The fourth-order valence-electron chi connectivity index (χ4n) is 3.25. The van der Waals surface area contributed by atoms with Gasteiger partial charge in [0.05, 0.1) is 17.7 Å². The number of nitrogens with zero attached hydrogens (tertiary/aromatic N) is 4. The van der Waals surface area contributed by atoms with E-state index in [1.165, 1.54) is 0 Å². The number of aliphatic hydroxyl groups excluding tert-OH is 1. The van der Waals surface area contributed by atoms with Gasteiger partial charge in [0.25, 0.3) is 5.69 Å². The number of phosphoric acid groups is 3. The summed E-state index contributed by atoms with van der Waals surface area (Å²) in [5, 5.41) is 32.5. The third-order valence-corrected chi connectivity index (χ3v) is 8.44. The molecule has 8 N–H and O–H groups in total. The number of nitrogens with two attached hydrogens (primary N) is 1. The van der Waals surface area contributed by atoms with E-state index in [2.05, 4.69) is 23.1 Å². The molecule has 0 aromatic carbocycles. The van der Waals surface area contributed by atoms with Crippen molar-refractivity contribution in [3.63, 3.8) is 0 Å². The smallest absolute Gasteiger partial charge is 0.387 e. The molecule has 4 unspecified atom stereocenters. The summed E-state index contributed by atoms with van der Waals surface area (Å²) in [6.45, 7) is -0.0225. The Morgan fingerprint density at radius 2 is 1.86 bits per heavy atom. The fourth-order valence-corrected chi connectivity index (χ4v) is 6.28. The molecule has 1 aliphatic heterocycles. The number of nitro groups is 1. The van der Waals surface area contributed by atoms with Gasteiger partial charge in [0.15, 0.2) is 11.9 Å². The van der Waals surface area contributed by atoms with Crippen molar-refractivity contribution in [2.24, 2.45) is 0 Å². The molecule has 0 saturated carbocycles. The molecule has 0 amide bonds. The van der Waals surface area contributed by atoms with Crippen LogP contribution < -0.4 is 5.73 Å². The lowest BCUT2D eigenvalue weighted by Gasteiger charge is -2.27. The number of aromatic nitrogens is 3. The average molecular weight is 565 g/mol. The van der Waals surface area contributed by atoms with E-state index in [-0.39, 0.29) is 16.9 Å². The van der Waals surface area contributed by atoms with Gasteiger partial charge in [0.1, 0.15) is 35.3 Å². The van der Waals surface area contributed by atoms with Gasteiger partial charge in [0.2, 0.25) is 0 Å². The second-order valence-corrected chi connectivity index (χ2v) is 11.6. The monoisotopic (exact) mass is 565 g/mol. The zero-order valence-corrected chi connectivity index (χ0v) is 19.8. The van der Waals surface area contributed by atoms with E-state index in [4.69, 9.17) is 20.3 Å². The Morgan fingerprint density at radius 3 is 2.43 bits per heavy atom. The molecular formula is C12H18N5O15P3. The van der Waals surface area contributed by atoms with Gasteiger partial charge in [-0.2, -0.15) is 8.62 Å². The Hall–Kier alpha value is -1.89. The van der Waals surface area contributed by atoms with Crippen LogP contribution in [0.2, 0.25) is 0 Å².